The zero-order chi connectivity index (χ0) is 16.5. The molecule has 0 bridgehead atoms. The topological polar surface area (TPSA) is 26.3 Å². The number of halogens is 1. The van der Waals surface area contributed by atoms with Crippen molar-refractivity contribution in [3.63, 3.8) is 0 Å². The molecule has 4 aromatic carbocycles. The van der Waals surface area contributed by atoms with Crippen molar-refractivity contribution in [2.75, 3.05) is 0 Å². The van der Waals surface area contributed by atoms with Gasteiger partial charge < -0.3 is 4.74 Å². The van der Waals surface area contributed by atoms with E-state index in [4.69, 9.17) is 16.3 Å². The third kappa shape index (κ3) is 2.72. The summed E-state index contributed by atoms with van der Waals surface area (Å²) >= 11 is 5.85. The second-order valence-corrected chi connectivity index (χ2v) is 6.00. The zero-order valence-corrected chi connectivity index (χ0v) is 13.5. The molecule has 2 nitrogen and oxygen atoms in total. The van der Waals surface area contributed by atoms with Crippen LogP contribution in [0.3, 0.4) is 0 Å². The van der Waals surface area contributed by atoms with Crippen LogP contribution in [0.15, 0.2) is 78.9 Å². The largest absolute Gasteiger partial charge is 0.423 e. The van der Waals surface area contributed by atoms with Crippen molar-refractivity contribution in [2.45, 2.75) is 0 Å². The fourth-order valence-corrected chi connectivity index (χ4v) is 2.92. The lowest BCUT2D eigenvalue weighted by Gasteiger charge is -2.08. The van der Waals surface area contributed by atoms with Crippen LogP contribution in [0.2, 0.25) is 5.02 Å². The van der Waals surface area contributed by atoms with Crippen LogP contribution in [-0.2, 0) is 0 Å². The number of hydrogen-bond donors (Lipinski definition) is 0. The molecule has 0 unspecified atom stereocenters. The molecule has 0 radical (unpaired) electrons. The van der Waals surface area contributed by atoms with Crippen molar-refractivity contribution in [3.8, 4) is 5.75 Å². The van der Waals surface area contributed by atoms with Gasteiger partial charge in [0.2, 0.25) is 0 Å². The molecule has 0 aliphatic rings. The van der Waals surface area contributed by atoms with Crippen LogP contribution in [0, 0.1) is 0 Å². The van der Waals surface area contributed by atoms with Crippen LogP contribution < -0.4 is 4.74 Å². The monoisotopic (exact) mass is 332 g/mol. The molecule has 0 saturated heterocycles. The Morgan fingerprint density at radius 1 is 0.750 bits per heavy atom. The first kappa shape index (κ1) is 14.7. The third-order valence-corrected chi connectivity index (χ3v) is 4.26. The third-order valence-electron chi connectivity index (χ3n) is 4.01. The van der Waals surface area contributed by atoms with Crippen molar-refractivity contribution >= 4 is 39.1 Å². The fraction of sp³-hybridized carbons (Fsp3) is 0. The van der Waals surface area contributed by atoms with E-state index in [1.54, 1.807) is 24.3 Å². The Hall–Kier alpha value is -2.84. The van der Waals surface area contributed by atoms with Crippen LogP contribution in [0.5, 0.6) is 5.75 Å². The maximum Gasteiger partial charge on any atom is 0.343 e. The summed E-state index contributed by atoms with van der Waals surface area (Å²) in [6.45, 7) is 0. The van der Waals surface area contributed by atoms with Gasteiger partial charge in [0.25, 0.3) is 0 Å². The molecule has 0 fully saturated rings. The first-order valence-corrected chi connectivity index (χ1v) is 7.98. The second-order valence-electron chi connectivity index (χ2n) is 5.57. The molecule has 24 heavy (non-hydrogen) atoms. The number of hydrogen-bond acceptors (Lipinski definition) is 2. The average molecular weight is 333 g/mol. The van der Waals surface area contributed by atoms with Gasteiger partial charge in [0, 0.05) is 5.02 Å². The van der Waals surface area contributed by atoms with Crippen LogP contribution in [0.4, 0.5) is 0 Å². The van der Waals surface area contributed by atoms with Gasteiger partial charge in [0.15, 0.2) is 0 Å². The van der Waals surface area contributed by atoms with E-state index in [0.29, 0.717) is 16.3 Å². The summed E-state index contributed by atoms with van der Waals surface area (Å²) in [5.74, 6) is 0.130. The molecule has 4 aromatic rings. The molecule has 0 spiro atoms. The van der Waals surface area contributed by atoms with Crippen LogP contribution in [0.25, 0.3) is 21.5 Å². The van der Waals surface area contributed by atoms with Crippen molar-refractivity contribution in [1.82, 2.24) is 0 Å². The normalized spacial score (nSPS) is 10.9. The summed E-state index contributed by atoms with van der Waals surface area (Å²) in [6.07, 6.45) is 0. The highest BCUT2D eigenvalue weighted by Crippen LogP contribution is 2.29. The molecule has 0 N–H and O–H groups in total. The lowest BCUT2D eigenvalue weighted by molar-refractivity contribution is 0.0735. The Balaban J connectivity index is 1.73. The maximum absolute atomic E-state index is 12.3. The minimum atomic E-state index is -0.397. The highest BCUT2D eigenvalue weighted by atomic mass is 35.5. The van der Waals surface area contributed by atoms with Gasteiger partial charge in [-0.25, -0.2) is 4.79 Å². The summed E-state index contributed by atoms with van der Waals surface area (Å²) in [5, 5.41) is 5.06. The van der Waals surface area contributed by atoms with Crippen molar-refractivity contribution in [1.29, 1.82) is 0 Å². The van der Waals surface area contributed by atoms with E-state index in [0.717, 1.165) is 21.5 Å². The highest BCUT2D eigenvalue weighted by molar-refractivity contribution is 6.30. The Bertz CT molecular complexity index is 1050. The molecule has 4 rings (SSSR count). The molecule has 0 aliphatic heterocycles. The average Bonchev–Trinajstić information content (AvgIpc) is 2.62. The van der Waals surface area contributed by atoms with Gasteiger partial charge in [-0.3, -0.25) is 0 Å². The van der Waals surface area contributed by atoms with Gasteiger partial charge in [-0.15, -0.1) is 0 Å². The molecule has 0 amide bonds. The number of ether oxygens (including phenoxy) is 1. The fourth-order valence-electron chi connectivity index (χ4n) is 2.80. The van der Waals surface area contributed by atoms with E-state index >= 15 is 0 Å². The minimum absolute atomic E-state index is 0.397. The minimum Gasteiger partial charge on any atom is -0.423 e. The van der Waals surface area contributed by atoms with Crippen LogP contribution in [-0.4, -0.2) is 5.97 Å². The molecule has 116 valence electrons. The Morgan fingerprint density at radius 3 is 2.21 bits per heavy atom. The SMILES string of the molecule is O=C(Oc1ccc2ccc3ccccc3c2c1)c1ccc(Cl)cc1. The molecule has 0 saturated carbocycles. The van der Waals surface area contributed by atoms with Crippen molar-refractivity contribution in [3.05, 3.63) is 89.4 Å². The molecule has 0 heterocycles. The van der Waals surface area contributed by atoms with E-state index in [-0.39, 0.29) is 0 Å². The first-order chi connectivity index (χ1) is 11.7. The standard InChI is InChI=1S/C21H13ClO2/c22-17-10-7-16(8-11-17)21(23)24-18-12-9-15-6-5-14-3-1-2-4-19(14)20(15)13-18/h1-13H. The van der Waals surface area contributed by atoms with E-state index < -0.39 is 5.97 Å². The number of rotatable bonds is 2. The first-order valence-electron chi connectivity index (χ1n) is 7.60. The van der Waals surface area contributed by atoms with Gasteiger partial charge in [-0.05, 0) is 57.9 Å². The predicted octanol–water partition coefficient (Wildman–Crippen LogP) is 5.87. The van der Waals surface area contributed by atoms with Gasteiger partial charge in [0.1, 0.15) is 5.75 Å². The van der Waals surface area contributed by atoms with E-state index in [1.165, 1.54) is 0 Å². The Kier molecular flexibility index (Phi) is 3.68. The van der Waals surface area contributed by atoms with E-state index in [9.17, 15) is 4.79 Å². The Labute approximate surface area is 144 Å². The number of carbonyl (C=O) groups excluding carboxylic acids is 1. The summed E-state index contributed by atoms with van der Waals surface area (Å²) in [5.41, 5.74) is 0.470. The molecule has 0 atom stereocenters. The lowest BCUT2D eigenvalue weighted by atomic mass is 10.0. The zero-order valence-electron chi connectivity index (χ0n) is 12.7. The van der Waals surface area contributed by atoms with Crippen molar-refractivity contribution in [2.24, 2.45) is 0 Å². The summed E-state index contributed by atoms with van der Waals surface area (Å²) in [4.78, 5) is 12.3. The van der Waals surface area contributed by atoms with Gasteiger partial charge >= 0.3 is 5.97 Å². The van der Waals surface area contributed by atoms with Gasteiger partial charge in [0.05, 0.1) is 5.56 Å². The van der Waals surface area contributed by atoms with E-state index in [2.05, 4.69) is 24.3 Å². The maximum atomic E-state index is 12.3. The summed E-state index contributed by atoms with van der Waals surface area (Å²) in [7, 11) is 0. The summed E-state index contributed by atoms with van der Waals surface area (Å²) < 4.78 is 5.52. The number of esters is 1. The van der Waals surface area contributed by atoms with Gasteiger partial charge in [-0.1, -0.05) is 54.1 Å². The van der Waals surface area contributed by atoms with Crippen LogP contribution in [0.1, 0.15) is 10.4 Å². The second kappa shape index (κ2) is 5.99. The molecule has 0 aliphatic carbocycles. The number of carbonyl (C=O) groups is 1. The Morgan fingerprint density at radius 2 is 1.42 bits per heavy atom. The lowest BCUT2D eigenvalue weighted by Crippen LogP contribution is -2.08. The van der Waals surface area contributed by atoms with E-state index in [1.807, 2.05) is 30.3 Å². The van der Waals surface area contributed by atoms with Gasteiger partial charge in [-0.2, -0.15) is 0 Å². The highest BCUT2D eigenvalue weighted by Gasteiger charge is 2.09. The number of benzene rings is 4. The molecule has 0 aromatic heterocycles. The quantitative estimate of drug-likeness (QED) is 0.261. The smallest absolute Gasteiger partial charge is 0.343 e. The molecule has 3 heteroatoms. The molecular formula is C21H13ClO2. The molecular weight excluding hydrogens is 320 g/mol. The summed E-state index contributed by atoms with van der Waals surface area (Å²) in [6, 6.07) is 24.7. The predicted molar refractivity (Wildman–Crippen MR) is 97.9 cm³/mol. The van der Waals surface area contributed by atoms with Crippen LogP contribution >= 0.6 is 11.6 Å². The van der Waals surface area contributed by atoms with Crippen molar-refractivity contribution < 1.29 is 9.53 Å². The number of fused-ring (bicyclic) bond motifs is 3.